The largest absolute Gasteiger partial charge is 0.386 e. The van der Waals surface area contributed by atoms with Gasteiger partial charge in [-0.05, 0) is 78.0 Å². The zero-order valence-electron chi connectivity index (χ0n) is 18.3. The van der Waals surface area contributed by atoms with Crippen molar-refractivity contribution in [3.8, 4) is 11.3 Å². The molecule has 2 aromatic rings. The highest BCUT2D eigenvalue weighted by molar-refractivity contribution is 7.10. The molecule has 1 aromatic carbocycles. The lowest BCUT2D eigenvalue weighted by atomic mass is 9.50. The molecule has 1 aromatic heterocycles. The van der Waals surface area contributed by atoms with Gasteiger partial charge in [0, 0.05) is 10.9 Å². The van der Waals surface area contributed by atoms with Crippen LogP contribution in [0.5, 0.6) is 0 Å². The predicted octanol–water partition coefficient (Wildman–Crippen LogP) is 7.02. The maximum Gasteiger partial charge on any atom is 0.122 e. The Hall–Kier alpha value is -1.19. The minimum atomic E-state index is -0.500. The fourth-order valence-electron chi connectivity index (χ4n) is 6.16. The van der Waals surface area contributed by atoms with E-state index in [1.807, 2.05) is 0 Å². The van der Waals surface area contributed by atoms with Crippen LogP contribution in [0, 0.1) is 11.3 Å². The van der Waals surface area contributed by atoms with Gasteiger partial charge in [0.25, 0.3) is 0 Å². The minimum Gasteiger partial charge on any atom is -0.386 e. The highest BCUT2D eigenvalue weighted by Gasteiger charge is 2.49. The highest BCUT2D eigenvalue weighted by atomic mass is 32.1. The summed E-state index contributed by atoms with van der Waals surface area (Å²) in [7, 11) is 0. The summed E-state index contributed by atoms with van der Waals surface area (Å²) in [5.41, 5.74) is 7.54. The van der Waals surface area contributed by atoms with Crippen molar-refractivity contribution in [2.45, 2.75) is 91.1 Å². The first-order valence-electron chi connectivity index (χ1n) is 10.9. The normalized spacial score (nSPS) is 27.4. The van der Waals surface area contributed by atoms with Gasteiger partial charge in [-0.15, -0.1) is 11.3 Å². The number of rotatable bonds is 3. The summed E-state index contributed by atoms with van der Waals surface area (Å²) < 4.78 is 0. The van der Waals surface area contributed by atoms with E-state index in [2.05, 4.69) is 52.1 Å². The number of aliphatic hydroxyl groups is 1. The number of aromatic nitrogens is 1. The molecule has 4 rings (SSSR count). The first-order valence-corrected chi connectivity index (χ1v) is 11.8. The van der Waals surface area contributed by atoms with Gasteiger partial charge in [-0.2, -0.15) is 0 Å². The fourth-order valence-corrected chi connectivity index (χ4v) is 6.92. The Labute approximate surface area is 174 Å². The average Bonchev–Trinajstić information content (AvgIpc) is 3.10. The van der Waals surface area contributed by atoms with E-state index in [0.717, 1.165) is 16.6 Å². The lowest BCUT2D eigenvalue weighted by Gasteiger charge is -2.54. The zero-order valence-corrected chi connectivity index (χ0v) is 19.1. The molecule has 1 saturated carbocycles. The summed E-state index contributed by atoms with van der Waals surface area (Å²) in [6, 6.07) is 4.97. The third kappa shape index (κ3) is 3.15. The maximum atomic E-state index is 9.96. The Bertz CT molecular complexity index is 879. The molecular formula is C25H35NOS. The van der Waals surface area contributed by atoms with Crippen molar-refractivity contribution >= 4 is 11.3 Å². The Morgan fingerprint density at radius 1 is 1.14 bits per heavy atom. The van der Waals surface area contributed by atoms with Crippen molar-refractivity contribution in [2.75, 3.05) is 0 Å². The average molecular weight is 398 g/mol. The van der Waals surface area contributed by atoms with Crippen molar-refractivity contribution < 1.29 is 5.11 Å². The molecule has 0 saturated heterocycles. The van der Waals surface area contributed by atoms with Crippen molar-refractivity contribution in [2.24, 2.45) is 11.3 Å². The summed E-state index contributed by atoms with van der Waals surface area (Å²) in [5, 5.41) is 12.9. The van der Waals surface area contributed by atoms with Crippen molar-refractivity contribution in [1.29, 1.82) is 0 Å². The summed E-state index contributed by atoms with van der Waals surface area (Å²) in [6.07, 6.45) is 5.99. The lowest BCUT2D eigenvalue weighted by Crippen LogP contribution is -2.47. The van der Waals surface area contributed by atoms with E-state index in [0.29, 0.717) is 11.3 Å². The van der Waals surface area contributed by atoms with Crippen molar-refractivity contribution in [1.82, 2.24) is 4.98 Å². The molecule has 152 valence electrons. The number of aryl methyl sites for hydroxylation is 1. The van der Waals surface area contributed by atoms with E-state index >= 15 is 0 Å². The van der Waals surface area contributed by atoms with Crippen molar-refractivity contribution in [3.63, 3.8) is 0 Å². The van der Waals surface area contributed by atoms with Crippen LogP contribution in [0.3, 0.4) is 0 Å². The van der Waals surface area contributed by atoms with Gasteiger partial charge in [-0.3, -0.25) is 0 Å². The molecule has 0 amide bonds. The number of nitrogens with zero attached hydrogens (tertiary/aromatic N) is 1. The van der Waals surface area contributed by atoms with Gasteiger partial charge in [0.15, 0.2) is 0 Å². The molecule has 28 heavy (non-hydrogen) atoms. The molecule has 3 heteroatoms. The predicted molar refractivity (Wildman–Crippen MR) is 119 cm³/mol. The molecular weight excluding hydrogens is 362 g/mol. The smallest absolute Gasteiger partial charge is 0.122 e. The van der Waals surface area contributed by atoms with E-state index in [1.54, 1.807) is 29.4 Å². The molecule has 0 aliphatic heterocycles. The van der Waals surface area contributed by atoms with E-state index in [1.165, 1.54) is 43.2 Å². The van der Waals surface area contributed by atoms with Gasteiger partial charge >= 0.3 is 0 Å². The van der Waals surface area contributed by atoms with Gasteiger partial charge in [-0.25, -0.2) is 4.98 Å². The molecule has 0 bridgehead atoms. The zero-order chi connectivity index (χ0) is 20.3. The molecule has 1 heterocycles. The number of hydrogen-bond donors (Lipinski definition) is 1. The molecule has 0 unspecified atom stereocenters. The van der Waals surface area contributed by atoms with E-state index in [4.69, 9.17) is 4.98 Å². The number of benzene rings is 1. The molecule has 2 aliphatic carbocycles. The number of fused-ring (bicyclic) bond motifs is 3. The second-order valence-corrected chi connectivity index (χ2v) is 11.2. The van der Waals surface area contributed by atoms with Gasteiger partial charge in [0.1, 0.15) is 11.1 Å². The van der Waals surface area contributed by atoms with E-state index < -0.39 is 6.10 Å². The molecule has 0 radical (unpaired) electrons. The monoisotopic (exact) mass is 397 g/mol. The van der Waals surface area contributed by atoms with Crippen LogP contribution in [0.15, 0.2) is 17.5 Å². The second-order valence-electron chi connectivity index (χ2n) is 10.3. The van der Waals surface area contributed by atoms with Crippen LogP contribution in [0.2, 0.25) is 0 Å². The first-order chi connectivity index (χ1) is 13.1. The summed E-state index contributed by atoms with van der Waals surface area (Å²) >= 11 is 1.57. The van der Waals surface area contributed by atoms with E-state index in [-0.39, 0.29) is 5.41 Å². The number of aliphatic hydroxyl groups excluding tert-OH is 1. The lowest BCUT2D eigenvalue weighted by molar-refractivity contribution is 0.0407. The maximum absolute atomic E-state index is 9.96. The van der Waals surface area contributed by atoms with Crippen LogP contribution in [-0.4, -0.2) is 10.1 Å². The van der Waals surface area contributed by atoms with Crippen LogP contribution in [-0.2, 0) is 11.8 Å². The minimum absolute atomic E-state index is 0.267. The van der Waals surface area contributed by atoms with E-state index in [9.17, 15) is 5.11 Å². The van der Waals surface area contributed by atoms with Crippen LogP contribution in [0.1, 0.15) is 101 Å². The molecule has 1 fully saturated rings. The van der Waals surface area contributed by atoms with Crippen LogP contribution in [0.25, 0.3) is 11.3 Å². The molecule has 2 nitrogen and oxygen atoms in total. The molecule has 0 spiro atoms. The van der Waals surface area contributed by atoms with Gasteiger partial charge in [0.05, 0.1) is 5.69 Å². The summed E-state index contributed by atoms with van der Waals surface area (Å²) in [4.78, 5) is 4.80. The van der Waals surface area contributed by atoms with Gasteiger partial charge in [0.2, 0.25) is 0 Å². The highest BCUT2D eigenvalue weighted by Crippen LogP contribution is 2.57. The fraction of sp³-hybridized carbons (Fsp3) is 0.640. The Morgan fingerprint density at radius 2 is 1.89 bits per heavy atom. The number of hydrogen-bond acceptors (Lipinski definition) is 3. The Kier molecular flexibility index (Phi) is 4.99. The van der Waals surface area contributed by atoms with Crippen LogP contribution in [0.4, 0.5) is 0 Å². The molecule has 3 atom stereocenters. The van der Waals surface area contributed by atoms with Crippen LogP contribution >= 0.6 is 11.3 Å². The van der Waals surface area contributed by atoms with Gasteiger partial charge in [-0.1, -0.05) is 47.1 Å². The quantitative estimate of drug-likeness (QED) is 0.604. The van der Waals surface area contributed by atoms with Crippen molar-refractivity contribution in [3.05, 3.63) is 39.2 Å². The standard InChI is InChI=1S/C25H35NOS/c1-15(2)18-12-17-8-9-22-24(4,5)10-7-11-25(22,6)20(17)13-19(18)21-14-28-23(26-21)16(3)27/h12-16,22,27H,7-11H2,1-6H3/t16-,22-,25+/m0/s1. The summed E-state index contributed by atoms with van der Waals surface area (Å²) in [6.45, 7) is 13.9. The Morgan fingerprint density at radius 3 is 2.54 bits per heavy atom. The first kappa shape index (κ1) is 20.1. The SMILES string of the molecule is CC(C)c1cc2c(cc1-c1csc([C@H](C)O)n1)[C@@]1(C)CCCC(C)(C)[C@@H]1CC2. The molecule has 2 aliphatic rings. The third-order valence-corrected chi connectivity index (χ3v) is 8.61. The van der Waals surface area contributed by atoms with Gasteiger partial charge < -0.3 is 5.11 Å². The number of thiazole rings is 1. The Balaban J connectivity index is 1.88. The third-order valence-electron chi connectivity index (χ3n) is 7.60. The molecule has 1 N–H and O–H groups in total. The summed E-state index contributed by atoms with van der Waals surface area (Å²) in [5.74, 6) is 1.22. The topological polar surface area (TPSA) is 33.1 Å². The second kappa shape index (κ2) is 6.95. The van der Waals surface area contributed by atoms with Crippen LogP contribution < -0.4 is 0 Å².